The fraction of sp³-hybridized carbons (Fsp3) is 0.250. The van der Waals surface area contributed by atoms with Gasteiger partial charge in [-0.25, -0.2) is 9.37 Å². The highest BCUT2D eigenvalue weighted by molar-refractivity contribution is 7.18. The van der Waals surface area contributed by atoms with Crippen LogP contribution < -0.4 is 9.64 Å². The number of aromatic hydroxyl groups is 1. The highest BCUT2D eigenvalue weighted by atomic mass is 32.1. The third kappa shape index (κ3) is 3.12. The Morgan fingerprint density at radius 2 is 1.96 bits per heavy atom. The van der Waals surface area contributed by atoms with E-state index >= 15 is 0 Å². The molecule has 0 bridgehead atoms. The fourth-order valence-corrected chi connectivity index (χ4v) is 4.12. The number of halogens is 1. The summed E-state index contributed by atoms with van der Waals surface area (Å²) in [5.41, 5.74) is 2.91. The van der Waals surface area contributed by atoms with Crippen molar-refractivity contribution in [2.45, 2.75) is 12.8 Å². The first-order chi connectivity index (χ1) is 12.7. The molecule has 3 aromatic rings. The van der Waals surface area contributed by atoms with Crippen molar-refractivity contribution in [3.63, 3.8) is 0 Å². The van der Waals surface area contributed by atoms with E-state index < -0.39 is 11.6 Å². The predicted molar refractivity (Wildman–Crippen MR) is 103 cm³/mol. The van der Waals surface area contributed by atoms with Gasteiger partial charge in [0.2, 0.25) is 0 Å². The molecule has 0 radical (unpaired) electrons. The van der Waals surface area contributed by atoms with Gasteiger partial charge in [-0.3, -0.25) is 0 Å². The average molecular weight is 370 g/mol. The summed E-state index contributed by atoms with van der Waals surface area (Å²) in [7, 11) is 1.40. The number of hydrogen-bond acceptors (Lipinski definition) is 5. The Labute approximate surface area is 155 Å². The van der Waals surface area contributed by atoms with Crippen molar-refractivity contribution < 1.29 is 14.2 Å². The summed E-state index contributed by atoms with van der Waals surface area (Å²) in [6.07, 6.45) is 4.20. The summed E-state index contributed by atoms with van der Waals surface area (Å²) in [5, 5.41) is 10.6. The molecule has 1 N–H and O–H groups in total. The van der Waals surface area contributed by atoms with Gasteiger partial charge in [0.1, 0.15) is 5.01 Å². The summed E-state index contributed by atoms with van der Waals surface area (Å²) in [4.78, 5) is 7.72. The van der Waals surface area contributed by atoms with Crippen LogP contribution >= 0.6 is 11.3 Å². The average Bonchev–Trinajstić information content (AvgIpc) is 3.36. The maximum Gasteiger partial charge on any atom is 0.194 e. The molecule has 2 heterocycles. The Hall–Kier alpha value is -2.60. The Morgan fingerprint density at radius 1 is 1.15 bits per heavy atom. The monoisotopic (exact) mass is 370 g/mol. The molecular formula is C20H19FN2O2S. The molecule has 0 spiro atoms. The van der Waals surface area contributed by atoms with Gasteiger partial charge >= 0.3 is 0 Å². The quantitative estimate of drug-likeness (QED) is 0.707. The van der Waals surface area contributed by atoms with Crippen LogP contribution in [-0.2, 0) is 0 Å². The molecule has 4 nitrogen and oxygen atoms in total. The van der Waals surface area contributed by atoms with Gasteiger partial charge < -0.3 is 14.7 Å². The first-order valence-corrected chi connectivity index (χ1v) is 9.35. The van der Waals surface area contributed by atoms with Crippen molar-refractivity contribution >= 4 is 17.0 Å². The summed E-state index contributed by atoms with van der Waals surface area (Å²) in [5.74, 6) is -1.06. The summed E-state index contributed by atoms with van der Waals surface area (Å²) >= 11 is 1.49. The molecule has 26 heavy (non-hydrogen) atoms. The van der Waals surface area contributed by atoms with E-state index in [0.717, 1.165) is 28.5 Å². The van der Waals surface area contributed by atoms with Crippen LogP contribution in [0.5, 0.6) is 11.5 Å². The lowest BCUT2D eigenvalue weighted by Crippen LogP contribution is -2.17. The largest absolute Gasteiger partial charge is 0.502 e. The number of methoxy groups -OCH3 is 1. The number of rotatable bonds is 4. The van der Waals surface area contributed by atoms with Crippen molar-refractivity contribution in [2.24, 2.45) is 0 Å². The molecule has 134 valence electrons. The number of aromatic nitrogens is 1. The van der Waals surface area contributed by atoms with Crippen LogP contribution in [0.2, 0.25) is 0 Å². The smallest absolute Gasteiger partial charge is 0.194 e. The van der Waals surface area contributed by atoms with Crippen molar-refractivity contribution in [1.82, 2.24) is 4.98 Å². The number of anilines is 1. The molecule has 2 aromatic carbocycles. The molecule has 1 saturated heterocycles. The molecule has 0 aliphatic carbocycles. The molecule has 1 aromatic heterocycles. The number of ether oxygens (including phenoxy) is 1. The summed E-state index contributed by atoms with van der Waals surface area (Å²) in [6.45, 7) is 2.19. The van der Waals surface area contributed by atoms with E-state index in [-0.39, 0.29) is 5.75 Å². The Balaban J connectivity index is 1.66. The van der Waals surface area contributed by atoms with Gasteiger partial charge in [0.25, 0.3) is 0 Å². The Kier molecular flexibility index (Phi) is 4.51. The molecule has 1 aliphatic rings. The van der Waals surface area contributed by atoms with E-state index in [4.69, 9.17) is 4.74 Å². The van der Waals surface area contributed by atoms with Crippen molar-refractivity contribution in [2.75, 3.05) is 25.1 Å². The van der Waals surface area contributed by atoms with E-state index in [9.17, 15) is 9.50 Å². The maximum absolute atomic E-state index is 13.9. The topological polar surface area (TPSA) is 45.6 Å². The lowest BCUT2D eigenvalue weighted by atomic mass is 10.1. The van der Waals surface area contributed by atoms with Crippen molar-refractivity contribution in [3.8, 4) is 32.5 Å². The van der Waals surface area contributed by atoms with Crippen molar-refractivity contribution in [1.29, 1.82) is 0 Å². The number of nitrogens with zero attached hydrogens (tertiary/aromatic N) is 2. The van der Waals surface area contributed by atoms with Gasteiger partial charge in [-0.2, -0.15) is 0 Å². The Morgan fingerprint density at radius 3 is 2.73 bits per heavy atom. The minimum absolute atomic E-state index is 0.117. The van der Waals surface area contributed by atoms with Crippen LogP contribution in [0.15, 0.2) is 42.6 Å². The maximum atomic E-state index is 13.9. The molecule has 4 rings (SSSR count). The molecule has 0 unspecified atom stereocenters. The minimum Gasteiger partial charge on any atom is -0.502 e. The van der Waals surface area contributed by atoms with Crippen LogP contribution in [0.1, 0.15) is 12.8 Å². The van der Waals surface area contributed by atoms with Gasteiger partial charge in [0, 0.05) is 36.1 Å². The second kappa shape index (κ2) is 6.96. The molecule has 0 saturated carbocycles. The third-order valence-electron chi connectivity index (χ3n) is 4.60. The van der Waals surface area contributed by atoms with E-state index in [0.29, 0.717) is 5.56 Å². The molecular weight excluding hydrogens is 351 g/mol. The zero-order valence-corrected chi connectivity index (χ0v) is 15.2. The predicted octanol–water partition coefficient (Wildman–Crippen LogP) is 4.93. The number of thiazole rings is 1. The number of phenols is 1. The number of hydrogen-bond donors (Lipinski definition) is 1. The summed E-state index contributed by atoms with van der Waals surface area (Å²) < 4.78 is 19.0. The molecule has 1 fully saturated rings. The first-order valence-electron chi connectivity index (χ1n) is 8.54. The second-order valence-electron chi connectivity index (χ2n) is 6.28. The van der Waals surface area contributed by atoms with Crippen LogP contribution in [0.3, 0.4) is 0 Å². The van der Waals surface area contributed by atoms with Gasteiger partial charge in [-0.05, 0) is 37.1 Å². The molecule has 0 atom stereocenters. The van der Waals surface area contributed by atoms with Crippen LogP contribution in [0.4, 0.5) is 10.1 Å². The van der Waals surface area contributed by atoms with Gasteiger partial charge in [-0.1, -0.05) is 12.1 Å². The van der Waals surface area contributed by atoms with Crippen LogP contribution in [-0.4, -0.2) is 30.3 Å². The molecule has 1 aliphatic heterocycles. The highest BCUT2D eigenvalue weighted by Gasteiger charge is 2.16. The SMILES string of the molecule is COc1cc(-c2cnc(-c3cccc(N4CCCC4)c3)s2)cc(F)c1O. The van der Waals surface area contributed by atoms with E-state index in [2.05, 4.69) is 22.0 Å². The van der Waals surface area contributed by atoms with Gasteiger partial charge in [-0.15, -0.1) is 11.3 Å². The number of phenolic OH excluding ortho intramolecular Hbond substituents is 1. The molecule has 6 heteroatoms. The lowest BCUT2D eigenvalue weighted by molar-refractivity contribution is 0.357. The summed E-state index contributed by atoms with van der Waals surface area (Å²) in [6, 6.07) is 11.3. The first kappa shape index (κ1) is 16.8. The van der Waals surface area contributed by atoms with Gasteiger partial charge in [0.15, 0.2) is 17.3 Å². The normalized spacial score (nSPS) is 14.0. The third-order valence-corrected chi connectivity index (χ3v) is 5.70. The van der Waals surface area contributed by atoms with E-state index in [1.165, 1.54) is 43.0 Å². The molecule has 0 amide bonds. The highest BCUT2D eigenvalue weighted by Crippen LogP contribution is 2.38. The van der Waals surface area contributed by atoms with E-state index in [1.54, 1.807) is 12.3 Å². The van der Waals surface area contributed by atoms with E-state index in [1.807, 2.05) is 12.1 Å². The lowest BCUT2D eigenvalue weighted by Gasteiger charge is -2.17. The zero-order chi connectivity index (χ0) is 18.1. The number of benzene rings is 2. The van der Waals surface area contributed by atoms with Crippen LogP contribution in [0, 0.1) is 5.82 Å². The van der Waals surface area contributed by atoms with Gasteiger partial charge in [0.05, 0.1) is 12.0 Å². The second-order valence-corrected chi connectivity index (χ2v) is 7.31. The fourth-order valence-electron chi connectivity index (χ4n) is 3.22. The standard InChI is InChI=1S/C20H19FN2O2S/c1-25-17-11-14(10-16(21)19(17)24)18-12-22-20(26-18)13-5-4-6-15(9-13)23-7-2-3-8-23/h4-6,9-12,24H,2-3,7-8H2,1H3. The van der Waals surface area contributed by atoms with Crippen LogP contribution in [0.25, 0.3) is 21.0 Å². The van der Waals surface area contributed by atoms with Crippen molar-refractivity contribution in [3.05, 3.63) is 48.4 Å². The minimum atomic E-state index is -0.703. The Bertz CT molecular complexity index is 935. The zero-order valence-electron chi connectivity index (χ0n) is 14.4.